The van der Waals surface area contributed by atoms with Crippen LogP contribution in [-0.2, 0) is 16.3 Å². The Morgan fingerprint density at radius 2 is 1.79 bits per heavy atom. The molecule has 2 aromatic heterocycles. The highest BCUT2D eigenvalue weighted by Crippen LogP contribution is 2.24. The molecule has 0 amide bonds. The van der Waals surface area contributed by atoms with E-state index >= 15 is 0 Å². The third kappa shape index (κ3) is 6.86. The monoisotopic (exact) mass is 466 g/mol. The summed E-state index contributed by atoms with van der Waals surface area (Å²) < 4.78 is 22.9. The molecule has 5 N–H and O–H groups in total. The fourth-order valence-corrected chi connectivity index (χ4v) is 3.53. The number of nitrogens with zero attached hydrogens (tertiary/aromatic N) is 3. The van der Waals surface area contributed by atoms with Crippen molar-refractivity contribution in [2.75, 3.05) is 23.9 Å². The fourth-order valence-electron chi connectivity index (χ4n) is 2.90. The summed E-state index contributed by atoms with van der Waals surface area (Å²) in [7, 11) is -3.22. The van der Waals surface area contributed by atoms with E-state index in [-0.39, 0.29) is 11.5 Å². The first-order valence-corrected chi connectivity index (χ1v) is 12.0. The Morgan fingerprint density at radius 1 is 1.09 bits per heavy atom. The summed E-state index contributed by atoms with van der Waals surface area (Å²) in [6.45, 7) is 2.13. The number of nitrogens with two attached hydrogens (primary N) is 1. The Balaban J connectivity index is 0.000000286. The fraction of sp³-hybridized carbons (Fsp3) is 0.174. The molecule has 0 aliphatic rings. The zero-order valence-electron chi connectivity index (χ0n) is 18.4. The van der Waals surface area contributed by atoms with Gasteiger partial charge in [-0.15, -0.1) is 0 Å². The number of H-pyrrole nitrogens is 1. The van der Waals surface area contributed by atoms with Gasteiger partial charge in [-0.25, -0.2) is 13.4 Å². The molecule has 2 aromatic carbocycles. The number of anilines is 3. The van der Waals surface area contributed by atoms with Gasteiger partial charge in [0.05, 0.1) is 16.2 Å². The van der Waals surface area contributed by atoms with Gasteiger partial charge in [-0.1, -0.05) is 30.3 Å². The highest BCUT2D eigenvalue weighted by atomic mass is 32.2. The average Bonchev–Trinajstić information content (AvgIpc) is 3.21. The number of rotatable bonds is 6. The van der Waals surface area contributed by atoms with E-state index in [0.29, 0.717) is 28.7 Å². The third-order valence-corrected chi connectivity index (χ3v) is 5.71. The van der Waals surface area contributed by atoms with Gasteiger partial charge in [0.15, 0.2) is 9.84 Å². The molecule has 0 saturated carbocycles. The third-order valence-electron chi connectivity index (χ3n) is 4.58. The van der Waals surface area contributed by atoms with Gasteiger partial charge < -0.3 is 16.2 Å². The molecular weight excluding hydrogens is 440 g/mol. The summed E-state index contributed by atoms with van der Waals surface area (Å²) in [5.41, 5.74) is 10.1. The number of hydrogen-bond acceptors (Lipinski definition) is 8. The number of aliphatic hydroxyl groups is 1. The molecule has 4 rings (SSSR count). The molecule has 172 valence electrons. The minimum Gasteiger partial charge on any atom is -0.396 e. The second kappa shape index (κ2) is 10.7. The van der Waals surface area contributed by atoms with Crippen molar-refractivity contribution in [1.29, 1.82) is 0 Å². The lowest BCUT2D eigenvalue weighted by atomic mass is 10.2. The summed E-state index contributed by atoms with van der Waals surface area (Å²) in [4.78, 5) is 8.67. The molecule has 4 aromatic rings. The summed E-state index contributed by atoms with van der Waals surface area (Å²) in [6, 6.07) is 18.1. The second-order valence-corrected chi connectivity index (χ2v) is 9.33. The van der Waals surface area contributed by atoms with Gasteiger partial charge in [0.1, 0.15) is 5.82 Å². The van der Waals surface area contributed by atoms with Crippen molar-refractivity contribution in [1.82, 2.24) is 20.2 Å². The van der Waals surface area contributed by atoms with E-state index in [1.165, 1.54) is 17.7 Å². The molecule has 0 aliphatic carbocycles. The van der Waals surface area contributed by atoms with E-state index < -0.39 is 9.84 Å². The number of nitrogen functional groups attached to an aromatic ring is 1. The zero-order chi connectivity index (χ0) is 23.8. The first kappa shape index (κ1) is 23.9. The Bertz CT molecular complexity index is 1290. The molecule has 0 atom stereocenters. The van der Waals surface area contributed by atoms with Gasteiger partial charge in [-0.05, 0) is 49.2 Å². The van der Waals surface area contributed by atoms with Crippen LogP contribution in [0.1, 0.15) is 11.3 Å². The number of aromatic nitrogens is 4. The summed E-state index contributed by atoms with van der Waals surface area (Å²) in [5.74, 6) is 0.613. The van der Waals surface area contributed by atoms with Crippen molar-refractivity contribution in [3.8, 4) is 11.3 Å². The van der Waals surface area contributed by atoms with Crippen molar-refractivity contribution in [2.24, 2.45) is 0 Å². The van der Waals surface area contributed by atoms with E-state index in [2.05, 4.69) is 25.5 Å². The van der Waals surface area contributed by atoms with Crippen molar-refractivity contribution in [2.45, 2.75) is 18.2 Å². The van der Waals surface area contributed by atoms with E-state index in [4.69, 9.17) is 10.8 Å². The van der Waals surface area contributed by atoms with Gasteiger partial charge >= 0.3 is 0 Å². The highest BCUT2D eigenvalue weighted by Gasteiger charge is 2.10. The lowest BCUT2D eigenvalue weighted by molar-refractivity contribution is 0.299. The number of nitrogens with one attached hydrogen (secondary N) is 2. The molecule has 9 nitrogen and oxygen atoms in total. The minimum absolute atomic E-state index is 0.240. The molecule has 0 radical (unpaired) electrons. The molecule has 0 fully saturated rings. The Labute approximate surface area is 192 Å². The van der Waals surface area contributed by atoms with Crippen molar-refractivity contribution in [3.05, 3.63) is 78.1 Å². The van der Waals surface area contributed by atoms with Crippen LogP contribution >= 0.6 is 0 Å². The molecule has 0 spiro atoms. The van der Waals surface area contributed by atoms with Gasteiger partial charge in [0.25, 0.3) is 0 Å². The van der Waals surface area contributed by atoms with Crippen LogP contribution in [0.5, 0.6) is 0 Å². The molecule has 33 heavy (non-hydrogen) atoms. The molecule has 10 heteroatoms. The lowest BCUT2D eigenvalue weighted by Crippen LogP contribution is -2.02. The number of sulfone groups is 1. The number of benzene rings is 2. The van der Waals surface area contributed by atoms with E-state index in [1.54, 1.807) is 18.3 Å². The smallest absolute Gasteiger partial charge is 0.229 e. The summed E-state index contributed by atoms with van der Waals surface area (Å²) in [5, 5.41) is 18.5. The van der Waals surface area contributed by atoms with Gasteiger partial charge in [0, 0.05) is 30.4 Å². The van der Waals surface area contributed by atoms with Gasteiger partial charge in [-0.3, -0.25) is 5.10 Å². The van der Waals surface area contributed by atoms with Crippen LogP contribution in [0.4, 0.5) is 17.5 Å². The zero-order valence-corrected chi connectivity index (χ0v) is 19.2. The van der Waals surface area contributed by atoms with Crippen LogP contribution in [0.25, 0.3) is 11.3 Å². The van der Waals surface area contributed by atoms with Crippen LogP contribution in [-0.4, -0.2) is 46.6 Å². The molecule has 0 bridgehead atoms. The first-order valence-electron chi connectivity index (χ1n) is 10.1. The molecule has 0 saturated heterocycles. The first-order chi connectivity index (χ1) is 15.8. The maximum Gasteiger partial charge on any atom is 0.229 e. The van der Waals surface area contributed by atoms with Crippen molar-refractivity contribution >= 4 is 27.3 Å². The maximum absolute atomic E-state index is 11.5. The van der Waals surface area contributed by atoms with Crippen LogP contribution in [0.3, 0.4) is 0 Å². The molecular formula is C23H26N6O3S. The molecule has 0 aliphatic heterocycles. The highest BCUT2D eigenvalue weighted by molar-refractivity contribution is 7.90. The number of hydrogen-bond donors (Lipinski definition) is 4. The topological polar surface area (TPSA) is 147 Å². The van der Waals surface area contributed by atoms with E-state index in [9.17, 15) is 8.42 Å². The average molecular weight is 467 g/mol. The number of aliphatic hydroxyl groups excluding tert-OH is 1. The Kier molecular flexibility index (Phi) is 7.75. The van der Waals surface area contributed by atoms with Gasteiger partial charge in [0.2, 0.25) is 5.95 Å². The SMILES string of the molecule is Cc1cc(-c2cnc(Nc3ccc(S(C)(=O)=O)cc3)nc2N)n[nH]1.OCCc1ccccc1. The summed E-state index contributed by atoms with van der Waals surface area (Å²) >= 11 is 0. The van der Waals surface area contributed by atoms with Crippen LogP contribution in [0.15, 0.2) is 71.8 Å². The van der Waals surface area contributed by atoms with E-state index in [0.717, 1.165) is 18.4 Å². The minimum atomic E-state index is -3.22. The second-order valence-electron chi connectivity index (χ2n) is 7.31. The van der Waals surface area contributed by atoms with Crippen LogP contribution < -0.4 is 11.1 Å². The predicted octanol–water partition coefficient (Wildman–Crippen LogP) is 3.13. The van der Waals surface area contributed by atoms with Crippen molar-refractivity contribution in [3.63, 3.8) is 0 Å². The lowest BCUT2D eigenvalue weighted by Gasteiger charge is -2.08. The Morgan fingerprint density at radius 3 is 2.33 bits per heavy atom. The largest absolute Gasteiger partial charge is 0.396 e. The Hall–Kier alpha value is -3.76. The standard InChI is InChI=1S/C15H16N6O2S.C8H10O/c1-9-7-13(21-20-9)12-8-17-15(19-14(12)16)18-10-3-5-11(6-4-10)24(2,22)23;9-7-6-8-4-2-1-3-5-8/h3-8H,1-2H3,(H,20,21)(H3,16,17,18,19);1-5,9H,6-7H2. The molecule has 0 unspecified atom stereocenters. The normalized spacial score (nSPS) is 10.9. The summed E-state index contributed by atoms with van der Waals surface area (Å²) in [6.07, 6.45) is 3.51. The predicted molar refractivity (Wildman–Crippen MR) is 129 cm³/mol. The molecule has 2 heterocycles. The van der Waals surface area contributed by atoms with E-state index in [1.807, 2.05) is 43.3 Å². The maximum atomic E-state index is 11.5. The number of aryl methyl sites for hydroxylation is 1. The van der Waals surface area contributed by atoms with Gasteiger partial charge in [-0.2, -0.15) is 10.1 Å². The van der Waals surface area contributed by atoms with Crippen LogP contribution in [0.2, 0.25) is 0 Å². The number of aromatic amines is 1. The van der Waals surface area contributed by atoms with Crippen molar-refractivity contribution < 1.29 is 13.5 Å². The quantitative estimate of drug-likeness (QED) is 0.339. The van der Waals surface area contributed by atoms with Crippen LogP contribution in [0, 0.1) is 6.92 Å².